The van der Waals surface area contributed by atoms with E-state index in [1.807, 2.05) is 0 Å². The van der Waals surface area contributed by atoms with Gasteiger partial charge in [-0.05, 0) is 54.8 Å². The summed E-state index contributed by atoms with van der Waals surface area (Å²) in [6, 6.07) is 12.9. The average Bonchev–Trinajstić information content (AvgIpc) is 2.91. The zero-order chi connectivity index (χ0) is 27.2. The van der Waals surface area contributed by atoms with Gasteiger partial charge in [0.1, 0.15) is 12.4 Å². The second-order valence-electron chi connectivity index (χ2n) is 9.21. The van der Waals surface area contributed by atoms with Gasteiger partial charge in [-0.2, -0.15) is 4.31 Å². The summed E-state index contributed by atoms with van der Waals surface area (Å²) in [5, 5.41) is 3.29. The molecule has 1 N–H and O–H groups in total. The average molecular weight is 586 g/mol. The third-order valence-corrected chi connectivity index (χ3v) is 10.5. The van der Waals surface area contributed by atoms with Crippen LogP contribution in [0.25, 0.3) is 0 Å². The van der Waals surface area contributed by atoms with Crippen LogP contribution in [0.5, 0.6) is 5.75 Å². The third kappa shape index (κ3) is 7.45. The smallest absolute Gasteiger partial charge is 0.243 e. The van der Waals surface area contributed by atoms with Gasteiger partial charge >= 0.3 is 0 Å². The lowest BCUT2D eigenvalue weighted by atomic mass is 9.99. The van der Waals surface area contributed by atoms with Crippen LogP contribution in [0.3, 0.4) is 0 Å². The lowest BCUT2D eigenvalue weighted by Gasteiger charge is -2.31. The van der Waals surface area contributed by atoms with Crippen LogP contribution in [0, 0.1) is 5.92 Å². The molecule has 208 valence electrons. The molecular formula is C25H32ClN3O7S2. The minimum absolute atomic E-state index is 0.134. The highest BCUT2D eigenvalue weighted by Crippen LogP contribution is 2.23. The number of hydrogen-bond donors (Lipinski definition) is 1. The maximum absolute atomic E-state index is 12.9. The van der Waals surface area contributed by atoms with Gasteiger partial charge in [0.05, 0.1) is 36.3 Å². The van der Waals surface area contributed by atoms with Gasteiger partial charge in [0, 0.05) is 31.2 Å². The first-order valence-electron chi connectivity index (χ1n) is 12.5. The van der Waals surface area contributed by atoms with Crippen LogP contribution in [-0.4, -0.2) is 83.9 Å². The predicted molar refractivity (Wildman–Crippen MR) is 143 cm³/mol. The topological polar surface area (TPSA) is 122 Å². The summed E-state index contributed by atoms with van der Waals surface area (Å²) in [5.74, 6) is -0.343. The van der Waals surface area contributed by atoms with E-state index in [2.05, 4.69) is 5.32 Å². The third-order valence-electron chi connectivity index (χ3n) is 6.49. The van der Waals surface area contributed by atoms with Crippen LogP contribution >= 0.6 is 11.6 Å². The van der Waals surface area contributed by atoms with E-state index in [0.717, 1.165) is 0 Å². The van der Waals surface area contributed by atoms with Gasteiger partial charge in [-0.15, -0.1) is 0 Å². The minimum Gasteiger partial charge on any atom is -0.492 e. The molecule has 0 aliphatic carbocycles. The summed E-state index contributed by atoms with van der Waals surface area (Å²) in [7, 11) is -7.16. The maximum atomic E-state index is 12.9. The number of rotatable bonds is 10. The number of carbonyl (C=O) groups excluding carboxylic acids is 1. The van der Waals surface area contributed by atoms with Crippen molar-refractivity contribution in [3.63, 3.8) is 0 Å². The number of sulfonamides is 2. The fourth-order valence-corrected chi connectivity index (χ4v) is 7.69. The summed E-state index contributed by atoms with van der Waals surface area (Å²) >= 11 is 5.98. The number of nitrogens with zero attached hydrogens (tertiary/aromatic N) is 2. The first-order chi connectivity index (χ1) is 18.1. The Morgan fingerprint density at radius 1 is 1.03 bits per heavy atom. The van der Waals surface area contributed by atoms with Crippen molar-refractivity contribution in [3.8, 4) is 5.75 Å². The highest BCUT2D eigenvalue weighted by Gasteiger charge is 2.32. The molecule has 0 spiro atoms. The molecule has 38 heavy (non-hydrogen) atoms. The van der Waals surface area contributed by atoms with Crippen molar-refractivity contribution in [2.75, 3.05) is 52.5 Å². The van der Waals surface area contributed by atoms with Gasteiger partial charge in [0.25, 0.3) is 0 Å². The molecule has 2 fully saturated rings. The minimum atomic E-state index is -3.58. The lowest BCUT2D eigenvalue weighted by Crippen LogP contribution is -2.46. The summed E-state index contributed by atoms with van der Waals surface area (Å²) in [6.07, 6.45) is 1.21. The molecule has 2 aromatic carbocycles. The standard InChI is InChI=1S/C25H32ClN3O7S2/c26-22-5-1-3-20(17-22)19-37(31,32)29-11-2-4-21(18-29)25(30)27-10-14-36-23-6-8-24(9-7-23)38(33,34)28-12-15-35-16-13-28/h1,3,5-9,17,21H,2,4,10-16,18-19H2,(H,27,30). The van der Waals surface area contributed by atoms with Crippen molar-refractivity contribution >= 4 is 37.6 Å². The molecule has 1 amide bonds. The second-order valence-corrected chi connectivity index (χ2v) is 13.6. The monoisotopic (exact) mass is 585 g/mol. The number of piperidine rings is 1. The lowest BCUT2D eigenvalue weighted by molar-refractivity contribution is -0.126. The van der Waals surface area contributed by atoms with Gasteiger partial charge in [-0.1, -0.05) is 23.7 Å². The molecule has 1 unspecified atom stereocenters. The number of halogens is 1. The predicted octanol–water partition coefficient (Wildman–Crippen LogP) is 2.10. The Kier molecular flexibility index (Phi) is 9.66. The summed E-state index contributed by atoms with van der Waals surface area (Å²) in [5.41, 5.74) is 0.605. The molecule has 2 heterocycles. The van der Waals surface area contributed by atoms with E-state index in [0.29, 0.717) is 62.0 Å². The van der Waals surface area contributed by atoms with Crippen molar-refractivity contribution in [2.45, 2.75) is 23.5 Å². The zero-order valence-corrected chi connectivity index (χ0v) is 23.3. The second kappa shape index (κ2) is 12.8. The van der Waals surface area contributed by atoms with Crippen LogP contribution in [0.15, 0.2) is 53.4 Å². The zero-order valence-electron chi connectivity index (χ0n) is 20.9. The van der Waals surface area contributed by atoms with Crippen LogP contribution in [0.2, 0.25) is 5.02 Å². The Bertz CT molecular complexity index is 1310. The molecule has 2 saturated heterocycles. The van der Waals surface area contributed by atoms with E-state index in [1.54, 1.807) is 36.4 Å². The summed E-state index contributed by atoms with van der Waals surface area (Å²) in [4.78, 5) is 12.9. The largest absolute Gasteiger partial charge is 0.492 e. The molecule has 0 bridgehead atoms. The summed E-state index contributed by atoms with van der Waals surface area (Å²) < 4.78 is 64.9. The van der Waals surface area contributed by atoms with Gasteiger partial charge in [0.2, 0.25) is 26.0 Å². The molecular weight excluding hydrogens is 554 g/mol. The summed E-state index contributed by atoms with van der Waals surface area (Å²) in [6.45, 7) is 2.35. The molecule has 1 atom stereocenters. The SMILES string of the molecule is O=C(NCCOc1ccc(S(=O)(=O)N2CCOCC2)cc1)C1CCCN(S(=O)(=O)Cc2cccc(Cl)c2)C1. The first-order valence-corrected chi connectivity index (χ1v) is 15.9. The van der Waals surface area contributed by atoms with E-state index >= 15 is 0 Å². The van der Waals surface area contributed by atoms with E-state index in [4.69, 9.17) is 21.1 Å². The van der Waals surface area contributed by atoms with Gasteiger partial charge < -0.3 is 14.8 Å². The Morgan fingerprint density at radius 2 is 1.76 bits per heavy atom. The fourth-order valence-electron chi connectivity index (χ4n) is 4.47. The van der Waals surface area contributed by atoms with Crippen molar-refractivity contribution < 1.29 is 31.1 Å². The number of amides is 1. The van der Waals surface area contributed by atoms with E-state index < -0.39 is 26.0 Å². The van der Waals surface area contributed by atoms with Gasteiger partial charge in [-0.3, -0.25) is 4.79 Å². The first kappa shape index (κ1) is 28.8. The number of hydrogen-bond acceptors (Lipinski definition) is 7. The number of carbonyl (C=O) groups is 1. The Morgan fingerprint density at radius 3 is 2.47 bits per heavy atom. The fraction of sp³-hybridized carbons (Fsp3) is 0.480. The van der Waals surface area contributed by atoms with Crippen molar-refractivity contribution in [1.29, 1.82) is 0 Å². The Labute approximate surface area is 229 Å². The van der Waals surface area contributed by atoms with Crippen LogP contribution in [0.1, 0.15) is 18.4 Å². The van der Waals surface area contributed by atoms with Crippen LogP contribution < -0.4 is 10.1 Å². The normalized spacial score (nSPS) is 19.7. The number of ether oxygens (including phenoxy) is 2. The number of morpholine rings is 1. The maximum Gasteiger partial charge on any atom is 0.243 e. The van der Waals surface area contributed by atoms with Crippen molar-refractivity contribution in [3.05, 3.63) is 59.1 Å². The van der Waals surface area contributed by atoms with E-state index in [9.17, 15) is 21.6 Å². The molecule has 13 heteroatoms. The highest BCUT2D eigenvalue weighted by atomic mass is 35.5. The molecule has 2 aliphatic rings. The van der Waals surface area contributed by atoms with Crippen LogP contribution in [0.4, 0.5) is 0 Å². The highest BCUT2D eigenvalue weighted by molar-refractivity contribution is 7.89. The van der Waals surface area contributed by atoms with Gasteiger partial charge in [0.15, 0.2) is 0 Å². The number of benzene rings is 2. The van der Waals surface area contributed by atoms with Gasteiger partial charge in [-0.25, -0.2) is 21.1 Å². The molecule has 2 aromatic rings. The molecule has 2 aliphatic heterocycles. The Hall–Kier alpha value is -2.22. The Balaban J connectivity index is 1.23. The van der Waals surface area contributed by atoms with Crippen molar-refractivity contribution in [1.82, 2.24) is 13.9 Å². The molecule has 0 aromatic heterocycles. The van der Waals surface area contributed by atoms with Crippen LogP contribution in [-0.2, 0) is 35.3 Å². The molecule has 4 rings (SSSR count). The van der Waals surface area contributed by atoms with Crippen molar-refractivity contribution in [2.24, 2.45) is 5.92 Å². The number of nitrogens with one attached hydrogen (secondary N) is 1. The quantitative estimate of drug-likeness (QED) is 0.424. The van der Waals surface area contributed by atoms with E-state index in [-0.39, 0.29) is 36.3 Å². The molecule has 10 nitrogen and oxygen atoms in total. The molecule has 0 radical (unpaired) electrons. The molecule has 0 saturated carbocycles. The van der Waals surface area contributed by atoms with E-state index in [1.165, 1.54) is 20.7 Å².